The molecule has 0 N–H and O–H groups in total. The number of hydrogen-bond donors (Lipinski definition) is 0. The molecule has 1 aromatic carbocycles. The van der Waals surface area contributed by atoms with E-state index < -0.39 is 25.6 Å². The summed E-state index contributed by atoms with van der Waals surface area (Å²) in [5.74, 6) is -0.189. The van der Waals surface area contributed by atoms with Gasteiger partial charge in [-0.1, -0.05) is 30.3 Å². The molecule has 5 rings (SSSR count). The van der Waals surface area contributed by atoms with Crippen LogP contribution in [0.3, 0.4) is 0 Å². The van der Waals surface area contributed by atoms with Crippen molar-refractivity contribution in [1.82, 2.24) is 28.0 Å². The number of nitrogens with zero attached hydrogens (tertiary/aromatic N) is 7. The van der Waals surface area contributed by atoms with Crippen LogP contribution in [0.2, 0.25) is 0 Å². The lowest BCUT2D eigenvalue weighted by Gasteiger charge is -2.47. The van der Waals surface area contributed by atoms with Crippen molar-refractivity contribution in [2.45, 2.75) is 24.6 Å². The second kappa shape index (κ2) is 8.81. The van der Waals surface area contributed by atoms with E-state index >= 15 is 0 Å². The van der Waals surface area contributed by atoms with Crippen LogP contribution in [0.15, 0.2) is 61.3 Å². The van der Waals surface area contributed by atoms with Crippen molar-refractivity contribution in [3.8, 4) is 17.3 Å². The lowest BCUT2D eigenvalue weighted by atomic mass is 9.89. The minimum atomic E-state index is -3.73. The summed E-state index contributed by atoms with van der Waals surface area (Å²) in [4.78, 5) is 8.59. The topological polar surface area (TPSA) is 144 Å². The first-order chi connectivity index (χ1) is 17.2. The fourth-order valence-electron chi connectivity index (χ4n) is 4.42. The van der Waals surface area contributed by atoms with Gasteiger partial charge in [0.25, 0.3) is 0 Å². The van der Waals surface area contributed by atoms with Gasteiger partial charge in [0.05, 0.1) is 35.9 Å². The van der Waals surface area contributed by atoms with Crippen LogP contribution >= 0.6 is 0 Å². The molecule has 0 aliphatic carbocycles. The second-order valence-corrected chi connectivity index (χ2v) is 12.8. The maximum Gasteiger partial charge on any atom is 0.244 e. The molecule has 0 radical (unpaired) electrons. The Morgan fingerprint density at radius 1 is 1.06 bits per heavy atom. The summed E-state index contributed by atoms with van der Waals surface area (Å²) in [6.07, 6.45) is 6.14. The van der Waals surface area contributed by atoms with E-state index in [9.17, 15) is 22.1 Å². The Morgan fingerprint density at radius 3 is 2.50 bits per heavy atom. The fourth-order valence-corrected chi connectivity index (χ4v) is 7.06. The number of nitriles is 1. The average Bonchev–Trinajstić information content (AvgIpc) is 3.49. The van der Waals surface area contributed by atoms with Crippen molar-refractivity contribution >= 4 is 31.1 Å². The van der Waals surface area contributed by atoms with E-state index in [2.05, 4.69) is 21.1 Å². The Kier molecular flexibility index (Phi) is 5.90. The highest BCUT2D eigenvalue weighted by atomic mass is 32.2. The summed E-state index contributed by atoms with van der Waals surface area (Å²) in [5, 5.41) is 14.3. The van der Waals surface area contributed by atoms with Gasteiger partial charge < -0.3 is 0 Å². The van der Waals surface area contributed by atoms with Gasteiger partial charge >= 0.3 is 0 Å². The van der Waals surface area contributed by atoms with Crippen LogP contribution in [0, 0.1) is 11.3 Å². The standard InChI is InChI=1S/C23H23N7O4S2/c1-2-35(31,32)28-15-23(16-28,9-10-24)30-13-19(12-27-30)21-20-8-11-29(22(20)26-17-25-21)36(33,34)14-18-6-4-3-5-7-18/h3-8,11-13,17H,2,9,14-16H2,1H3. The Hall–Kier alpha value is -3.60. The predicted molar refractivity (Wildman–Crippen MR) is 132 cm³/mol. The molecule has 13 heteroatoms. The average molecular weight is 526 g/mol. The molecule has 1 aliphatic rings. The summed E-state index contributed by atoms with van der Waals surface area (Å²) in [6, 6.07) is 12.7. The van der Waals surface area contributed by atoms with Crippen molar-refractivity contribution in [3.63, 3.8) is 0 Å². The van der Waals surface area contributed by atoms with Gasteiger partial charge in [0, 0.05) is 36.4 Å². The third kappa shape index (κ3) is 4.06. The van der Waals surface area contributed by atoms with E-state index in [1.165, 1.54) is 16.8 Å². The van der Waals surface area contributed by atoms with Crippen LogP contribution in [0.25, 0.3) is 22.3 Å². The van der Waals surface area contributed by atoms with Crippen molar-refractivity contribution in [1.29, 1.82) is 5.26 Å². The normalized spacial score (nSPS) is 16.0. The lowest BCUT2D eigenvalue weighted by Crippen LogP contribution is -2.64. The van der Waals surface area contributed by atoms with Crippen LogP contribution in [0.5, 0.6) is 0 Å². The van der Waals surface area contributed by atoms with E-state index in [0.29, 0.717) is 22.2 Å². The molecule has 0 unspecified atom stereocenters. The van der Waals surface area contributed by atoms with Gasteiger partial charge in [-0.15, -0.1) is 0 Å². The zero-order chi connectivity index (χ0) is 25.6. The molecule has 1 fully saturated rings. The highest BCUT2D eigenvalue weighted by Gasteiger charge is 2.49. The first-order valence-corrected chi connectivity index (χ1v) is 14.4. The molecule has 0 saturated carbocycles. The Morgan fingerprint density at radius 2 is 1.81 bits per heavy atom. The Bertz CT molecular complexity index is 1680. The van der Waals surface area contributed by atoms with Gasteiger partial charge in [0.2, 0.25) is 20.0 Å². The van der Waals surface area contributed by atoms with Crippen molar-refractivity contribution in [2.75, 3.05) is 18.8 Å². The largest absolute Gasteiger partial charge is 0.262 e. The molecule has 1 aliphatic heterocycles. The fraction of sp³-hybridized carbons (Fsp3) is 0.304. The highest BCUT2D eigenvalue weighted by molar-refractivity contribution is 7.89. The minimum absolute atomic E-state index is 0.0108. The molecule has 1 saturated heterocycles. The first kappa shape index (κ1) is 24.1. The van der Waals surface area contributed by atoms with Crippen LogP contribution in [-0.4, -0.2) is 63.7 Å². The summed E-state index contributed by atoms with van der Waals surface area (Å²) < 4.78 is 54.8. The van der Waals surface area contributed by atoms with Crippen molar-refractivity contribution < 1.29 is 16.8 Å². The number of benzene rings is 1. The molecule has 0 amide bonds. The summed E-state index contributed by atoms with van der Waals surface area (Å²) >= 11 is 0. The maximum atomic E-state index is 13.1. The van der Waals surface area contributed by atoms with Crippen LogP contribution < -0.4 is 0 Å². The van der Waals surface area contributed by atoms with E-state index in [1.807, 2.05) is 6.07 Å². The number of fused-ring (bicyclic) bond motifs is 1. The summed E-state index contributed by atoms with van der Waals surface area (Å²) in [7, 11) is -7.10. The third-order valence-corrected chi connectivity index (χ3v) is 9.76. The third-order valence-electron chi connectivity index (χ3n) is 6.39. The van der Waals surface area contributed by atoms with Crippen LogP contribution in [-0.2, 0) is 31.3 Å². The molecule has 4 aromatic rings. The van der Waals surface area contributed by atoms with Crippen molar-refractivity contribution in [3.05, 3.63) is 66.9 Å². The van der Waals surface area contributed by atoms with E-state index in [0.717, 1.165) is 3.97 Å². The SMILES string of the molecule is CCS(=O)(=O)N1CC(CC#N)(n2cc(-c3ncnc4c3ccn4S(=O)(=O)Cc3ccccc3)cn2)C1. The van der Waals surface area contributed by atoms with Gasteiger partial charge in [-0.05, 0) is 18.6 Å². The lowest BCUT2D eigenvalue weighted by molar-refractivity contribution is 0.0719. The van der Waals surface area contributed by atoms with Crippen LogP contribution in [0.4, 0.5) is 0 Å². The maximum absolute atomic E-state index is 13.1. The van der Waals surface area contributed by atoms with Gasteiger partial charge in [-0.25, -0.2) is 30.8 Å². The molecule has 0 atom stereocenters. The number of hydrogen-bond acceptors (Lipinski definition) is 8. The number of sulfonamides is 1. The Labute approximate surface area is 208 Å². The van der Waals surface area contributed by atoms with Gasteiger partial charge in [0.1, 0.15) is 11.9 Å². The number of aromatic nitrogens is 5. The second-order valence-electron chi connectivity index (χ2n) is 8.71. The smallest absolute Gasteiger partial charge is 0.244 e. The molecule has 4 heterocycles. The molecular formula is C23H23N7O4S2. The first-order valence-electron chi connectivity index (χ1n) is 11.2. The molecule has 36 heavy (non-hydrogen) atoms. The molecule has 186 valence electrons. The minimum Gasteiger partial charge on any atom is -0.262 e. The van der Waals surface area contributed by atoms with Gasteiger partial charge in [-0.3, -0.25) is 4.68 Å². The monoisotopic (exact) mass is 525 g/mol. The van der Waals surface area contributed by atoms with Crippen molar-refractivity contribution in [2.24, 2.45) is 0 Å². The highest BCUT2D eigenvalue weighted by Crippen LogP contribution is 2.36. The zero-order valence-corrected chi connectivity index (χ0v) is 21.0. The van der Waals surface area contributed by atoms with Gasteiger partial charge in [-0.2, -0.15) is 14.7 Å². The number of rotatable bonds is 8. The summed E-state index contributed by atoms with van der Waals surface area (Å²) in [6.45, 7) is 1.90. The quantitative estimate of drug-likeness (QED) is 0.339. The van der Waals surface area contributed by atoms with Gasteiger partial charge in [0.15, 0.2) is 5.65 Å². The zero-order valence-electron chi connectivity index (χ0n) is 19.4. The molecular weight excluding hydrogens is 502 g/mol. The van der Waals surface area contributed by atoms with E-state index in [-0.39, 0.29) is 36.7 Å². The molecule has 11 nitrogen and oxygen atoms in total. The molecule has 0 bridgehead atoms. The predicted octanol–water partition coefficient (Wildman–Crippen LogP) is 1.95. The summed E-state index contributed by atoms with van der Waals surface area (Å²) in [5.41, 5.74) is 1.24. The molecule has 3 aromatic heterocycles. The van der Waals surface area contributed by atoms with E-state index in [4.69, 9.17) is 0 Å². The molecule has 0 spiro atoms. The van der Waals surface area contributed by atoms with E-state index in [1.54, 1.807) is 54.3 Å². The van der Waals surface area contributed by atoms with Crippen LogP contribution in [0.1, 0.15) is 18.9 Å². The Balaban J connectivity index is 1.48.